The predicted octanol–water partition coefficient (Wildman–Crippen LogP) is 5.00. The number of nitrogens with zero attached hydrogens (tertiary/aromatic N) is 2. The fourth-order valence-electron chi connectivity index (χ4n) is 11.0. The van der Waals surface area contributed by atoms with Crippen molar-refractivity contribution in [1.82, 2.24) is 9.80 Å². The lowest BCUT2D eigenvalue weighted by Crippen LogP contribution is -2.61. The van der Waals surface area contributed by atoms with Gasteiger partial charge < -0.3 is 9.47 Å². The first-order valence-corrected chi connectivity index (χ1v) is 16.4. The molecule has 2 heterocycles. The van der Waals surface area contributed by atoms with E-state index in [1.807, 2.05) is 0 Å². The molecule has 0 spiro atoms. The number of piperidine rings is 2. The number of esters is 2. The summed E-state index contributed by atoms with van der Waals surface area (Å²) in [6, 6.07) is 0.547. The molecule has 0 aromatic heterocycles. The van der Waals surface area contributed by atoms with E-state index in [-0.39, 0.29) is 41.0 Å². The highest BCUT2D eigenvalue weighted by Crippen LogP contribution is 2.67. The minimum absolute atomic E-state index is 0.00193. The number of ketones is 1. The maximum absolute atomic E-state index is 12.4. The molecule has 0 bridgehead atoms. The first-order chi connectivity index (χ1) is 19.1. The number of carbonyl (C=O) groups is 3. The van der Waals surface area contributed by atoms with E-state index in [0.29, 0.717) is 48.3 Å². The first kappa shape index (κ1) is 28.6. The van der Waals surface area contributed by atoms with Crippen LogP contribution in [0.3, 0.4) is 0 Å². The number of Topliss-reactive ketones (excluding diaryl/α,β-unsaturated/α-hetero) is 1. The molecule has 6 fully saturated rings. The fraction of sp³-hybridized carbons (Fsp3) is 0.909. The van der Waals surface area contributed by atoms with Gasteiger partial charge in [0.1, 0.15) is 18.0 Å². The molecule has 224 valence electrons. The van der Waals surface area contributed by atoms with E-state index in [4.69, 9.17) is 9.47 Å². The summed E-state index contributed by atoms with van der Waals surface area (Å²) in [7, 11) is 0. The van der Waals surface area contributed by atoms with Crippen molar-refractivity contribution < 1.29 is 23.9 Å². The molecule has 0 aromatic carbocycles. The van der Waals surface area contributed by atoms with Crippen molar-refractivity contribution >= 4 is 17.7 Å². The van der Waals surface area contributed by atoms with Gasteiger partial charge in [-0.2, -0.15) is 0 Å². The van der Waals surface area contributed by atoms with Gasteiger partial charge in [0.25, 0.3) is 0 Å². The van der Waals surface area contributed by atoms with Gasteiger partial charge in [0.2, 0.25) is 0 Å². The van der Waals surface area contributed by atoms with Gasteiger partial charge in [-0.1, -0.05) is 20.3 Å². The summed E-state index contributed by atoms with van der Waals surface area (Å²) in [6.45, 7) is 12.0. The largest absolute Gasteiger partial charge is 0.461 e. The lowest BCUT2D eigenvalue weighted by atomic mass is 9.44. The molecule has 0 unspecified atom stereocenters. The molecular weight excluding hydrogens is 504 g/mol. The summed E-state index contributed by atoms with van der Waals surface area (Å²) in [4.78, 5) is 41.7. The predicted molar refractivity (Wildman–Crippen MR) is 152 cm³/mol. The Morgan fingerprint density at radius 3 is 2.12 bits per heavy atom. The Morgan fingerprint density at radius 2 is 1.45 bits per heavy atom. The van der Waals surface area contributed by atoms with Crippen LogP contribution in [0.4, 0.5) is 0 Å². The highest BCUT2D eigenvalue weighted by atomic mass is 16.5. The normalized spacial score (nSPS) is 46.1. The topological polar surface area (TPSA) is 76.2 Å². The van der Waals surface area contributed by atoms with Gasteiger partial charge in [-0.25, -0.2) is 0 Å². The average molecular weight is 557 g/mol. The summed E-state index contributed by atoms with van der Waals surface area (Å²) in [5, 5.41) is 0. The van der Waals surface area contributed by atoms with Crippen molar-refractivity contribution in [2.24, 2.45) is 34.5 Å². The highest BCUT2D eigenvalue weighted by Gasteiger charge is 2.65. The van der Waals surface area contributed by atoms with E-state index in [1.54, 1.807) is 13.8 Å². The second-order valence-corrected chi connectivity index (χ2v) is 14.9. The molecule has 4 aliphatic carbocycles. The molecule has 0 aromatic rings. The van der Waals surface area contributed by atoms with Gasteiger partial charge >= 0.3 is 11.9 Å². The van der Waals surface area contributed by atoms with Crippen LogP contribution in [0, 0.1) is 34.5 Å². The van der Waals surface area contributed by atoms with Gasteiger partial charge in [0.05, 0.1) is 0 Å². The van der Waals surface area contributed by atoms with Gasteiger partial charge in [-0.05, 0) is 100.0 Å². The fourth-order valence-corrected chi connectivity index (χ4v) is 11.0. The van der Waals surface area contributed by atoms with Crippen molar-refractivity contribution in [1.29, 1.82) is 0 Å². The van der Waals surface area contributed by atoms with Crippen LogP contribution in [0.1, 0.15) is 105 Å². The maximum atomic E-state index is 12.4. The Morgan fingerprint density at radius 1 is 0.775 bits per heavy atom. The summed E-state index contributed by atoms with van der Waals surface area (Å²) < 4.78 is 12.3. The molecule has 2 aliphatic heterocycles. The van der Waals surface area contributed by atoms with Crippen molar-refractivity contribution in [3.05, 3.63) is 0 Å². The molecule has 6 aliphatic rings. The van der Waals surface area contributed by atoms with Crippen molar-refractivity contribution in [3.8, 4) is 0 Å². The Balaban J connectivity index is 1.27. The van der Waals surface area contributed by atoms with Crippen LogP contribution >= 0.6 is 0 Å². The molecule has 0 amide bonds. The minimum Gasteiger partial charge on any atom is -0.461 e. The first-order valence-electron chi connectivity index (χ1n) is 16.4. The quantitative estimate of drug-likeness (QED) is 0.451. The molecule has 40 heavy (non-hydrogen) atoms. The molecule has 10 atom stereocenters. The van der Waals surface area contributed by atoms with Crippen LogP contribution in [0.5, 0.6) is 0 Å². The van der Waals surface area contributed by atoms with Crippen LogP contribution in [-0.4, -0.2) is 78.0 Å². The molecule has 4 saturated carbocycles. The standard InChI is InChI=1S/C33H52N2O5/c1-21(36)39-30-18-23-8-9-25-26(33(23,4)20-29(30)35-16-11-24(38)12-17-35)10-13-32(3)27(25)19-28(31(32)40-22(2)37)34-14-6-5-7-15-34/h23,25-31H,5-20H2,1-4H3/t23-,25+,26-,27-,28-,29-,30-,31-,32-,33-/m0/s1. The number of ether oxygens (including phenoxy) is 2. The van der Waals surface area contributed by atoms with Gasteiger partial charge in [0.15, 0.2) is 0 Å². The van der Waals surface area contributed by atoms with Crippen LogP contribution in [0.25, 0.3) is 0 Å². The molecule has 6 rings (SSSR count). The van der Waals surface area contributed by atoms with Gasteiger partial charge in [-0.15, -0.1) is 0 Å². The van der Waals surface area contributed by atoms with Crippen LogP contribution < -0.4 is 0 Å². The number of rotatable bonds is 4. The average Bonchev–Trinajstić information content (AvgIpc) is 3.21. The van der Waals surface area contributed by atoms with E-state index in [2.05, 4.69) is 23.6 Å². The third-order valence-electron chi connectivity index (χ3n) is 12.9. The Bertz CT molecular complexity index is 985. The Labute approximate surface area is 241 Å². The molecule has 0 radical (unpaired) electrons. The summed E-state index contributed by atoms with van der Waals surface area (Å²) in [5.41, 5.74) is 0.243. The number of hydrogen-bond donors (Lipinski definition) is 0. The Kier molecular flexibility index (Phi) is 7.86. The number of fused-ring (bicyclic) bond motifs is 5. The maximum Gasteiger partial charge on any atom is 0.302 e. The van der Waals surface area contributed by atoms with E-state index in [9.17, 15) is 14.4 Å². The molecular formula is C33H52N2O5. The van der Waals surface area contributed by atoms with Crippen LogP contribution in [-0.2, 0) is 23.9 Å². The van der Waals surface area contributed by atoms with E-state index >= 15 is 0 Å². The third kappa shape index (κ3) is 4.95. The van der Waals surface area contributed by atoms with Crippen LogP contribution in [0.15, 0.2) is 0 Å². The van der Waals surface area contributed by atoms with Crippen molar-refractivity contribution in [3.63, 3.8) is 0 Å². The number of hydrogen-bond acceptors (Lipinski definition) is 7. The molecule has 2 saturated heterocycles. The second kappa shape index (κ2) is 11.0. The zero-order valence-electron chi connectivity index (χ0n) is 25.4. The number of carbonyl (C=O) groups excluding carboxylic acids is 3. The zero-order chi connectivity index (χ0) is 28.2. The lowest BCUT2D eigenvalue weighted by molar-refractivity contribution is -0.180. The monoisotopic (exact) mass is 556 g/mol. The summed E-state index contributed by atoms with van der Waals surface area (Å²) in [6.07, 6.45) is 12.9. The summed E-state index contributed by atoms with van der Waals surface area (Å²) >= 11 is 0. The van der Waals surface area contributed by atoms with Crippen LogP contribution in [0.2, 0.25) is 0 Å². The minimum atomic E-state index is -0.181. The van der Waals surface area contributed by atoms with E-state index in [0.717, 1.165) is 51.9 Å². The smallest absolute Gasteiger partial charge is 0.302 e. The van der Waals surface area contributed by atoms with E-state index in [1.165, 1.54) is 38.5 Å². The van der Waals surface area contributed by atoms with Gasteiger partial charge in [0, 0.05) is 57.3 Å². The second-order valence-electron chi connectivity index (χ2n) is 14.9. The van der Waals surface area contributed by atoms with Crippen molar-refractivity contribution in [2.75, 3.05) is 26.2 Å². The van der Waals surface area contributed by atoms with Crippen molar-refractivity contribution in [2.45, 2.75) is 129 Å². The van der Waals surface area contributed by atoms with Gasteiger partial charge in [-0.3, -0.25) is 24.2 Å². The molecule has 7 nitrogen and oxygen atoms in total. The molecule has 7 heteroatoms. The van der Waals surface area contributed by atoms with E-state index < -0.39 is 0 Å². The number of likely N-dealkylation sites (tertiary alicyclic amines) is 2. The zero-order valence-corrected chi connectivity index (χ0v) is 25.4. The third-order valence-corrected chi connectivity index (χ3v) is 12.9. The lowest BCUT2D eigenvalue weighted by Gasteiger charge is -2.62. The highest BCUT2D eigenvalue weighted by molar-refractivity contribution is 5.79. The molecule has 0 N–H and O–H groups in total. The SMILES string of the molecule is CC(=O)O[C@H]1C[C@@H]2CC[C@@H]3[C@H](CC[C@@]4(C)[C@H]3C[C@H](N3CCCCC3)[C@@H]4OC(C)=O)[C@@]2(C)C[C@@H]1N1CCC(=O)CC1. The Hall–Kier alpha value is -1.47. The summed E-state index contributed by atoms with van der Waals surface area (Å²) in [5.74, 6) is 2.50.